The standard InChI is InChI=1S/C20H22N4O2/c1-4-26-18-11-7-16(8-12-18)23-20-21-14(2)13-19(24-20)22-15-5-9-17(25-3)10-6-15/h5-13H,4H2,1-3H3,(H2,21,22,23,24). The molecule has 3 rings (SSSR count). The lowest BCUT2D eigenvalue weighted by molar-refractivity contribution is 0.340. The fraction of sp³-hybridized carbons (Fsp3) is 0.200. The van der Waals surface area contributed by atoms with Crippen LogP contribution in [0.2, 0.25) is 0 Å². The second kappa shape index (κ2) is 8.20. The predicted octanol–water partition coefficient (Wildman–Crippen LogP) is 4.68. The molecule has 0 unspecified atom stereocenters. The van der Waals surface area contributed by atoms with Gasteiger partial charge in [0.25, 0.3) is 0 Å². The molecular weight excluding hydrogens is 328 g/mol. The molecule has 6 heteroatoms. The highest BCUT2D eigenvalue weighted by molar-refractivity contribution is 5.61. The van der Waals surface area contributed by atoms with Crippen LogP contribution in [0.1, 0.15) is 12.6 Å². The van der Waals surface area contributed by atoms with Crippen LogP contribution in [0, 0.1) is 6.92 Å². The summed E-state index contributed by atoms with van der Waals surface area (Å²) in [6, 6.07) is 17.3. The van der Waals surface area contributed by atoms with Gasteiger partial charge in [0.15, 0.2) is 0 Å². The molecule has 0 radical (unpaired) electrons. The fourth-order valence-corrected chi connectivity index (χ4v) is 2.44. The van der Waals surface area contributed by atoms with Gasteiger partial charge >= 0.3 is 0 Å². The fourth-order valence-electron chi connectivity index (χ4n) is 2.44. The molecule has 2 aromatic carbocycles. The summed E-state index contributed by atoms with van der Waals surface area (Å²) < 4.78 is 10.6. The molecule has 0 spiro atoms. The maximum absolute atomic E-state index is 5.45. The Kier molecular flexibility index (Phi) is 5.53. The van der Waals surface area contributed by atoms with Crippen molar-refractivity contribution in [3.8, 4) is 11.5 Å². The number of benzene rings is 2. The molecule has 6 nitrogen and oxygen atoms in total. The molecule has 26 heavy (non-hydrogen) atoms. The average Bonchev–Trinajstić information content (AvgIpc) is 2.64. The number of nitrogens with zero attached hydrogens (tertiary/aromatic N) is 2. The summed E-state index contributed by atoms with van der Waals surface area (Å²) in [7, 11) is 1.65. The molecule has 134 valence electrons. The minimum atomic E-state index is 0.533. The highest BCUT2D eigenvalue weighted by atomic mass is 16.5. The summed E-state index contributed by atoms with van der Waals surface area (Å²) in [5.74, 6) is 2.90. The summed E-state index contributed by atoms with van der Waals surface area (Å²) in [6.07, 6.45) is 0. The van der Waals surface area contributed by atoms with Crippen LogP contribution in [0.3, 0.4) is 0 Å². The summed E-state index contributed by atoms with van der Waals surface area (Å²) in [5, 5.41) is 6.50. The molecule has 0 saturated carbocycles. The number of aryl methyl sites for hydroxylation is 1. The quantitative estimate of drug-likeness (QED) is 0.645. The second-order valence-electron chi connectivity index (χ2n) is 5.65. The zero-order valence-corrected chi connectivity index (χ0v) is 15.1. The number of hydrogen-bond acceptors (Lipinski definition) is 6. The molecule has 0 amide bonds. The second-order valence-corrected chi connectivity index (χ2v) is 5.65. The van der Waals surface area contributed by atoms with Crippen molar-refractivity contribution in [2.75, 3.05) is 24.4 Å². The first-order valence-electron chi connectivity index (χ1n) is 8.43. The van der Waals surface area contributed by atoms with Crippen molar-refractivity contribution in [1.29, 1.82) is 0 Å². The van der Waals surface area contributed by atoms with Crippen LogP contribution in [0.15, 0.2) is 54.6 Å². The largest absolute Gasteiger partial charge is 0.497 e. The van der Waals surface area contributed by atoms with Crippen molar-refractivity contribution < 1.29 is 9.47 Å². The summed E-state index contributed by atoms with van der Waals surface area (Å²) in [5.41, 5.74) is 2.69. The van der Waals surface area contributed by atoms with Gasteiger partial charge in [-0.25, -0.2) is 4.98 Å². The van der Waals surface area contributed by atoms with E-state index in [1.807, 2.05) is 68.4 Å². The van der Waals surface area contributed by atoms with E-state index in [0.29, 0.717) is 12.6 Å². The van der Waals surface area contributed by atoms with Crippen LogP contribution >= 0.6 is 0 Å². The van der Waals surface area contributed by atoms with E-state index in [4.69, 9.17) is 9.47 Å². The van der Waals surface area contributed by atoms with E-state index in [0.717, 1.165) is 34.4 Å². The molecule has 1 heterocycles. The van der Waals surface area contributed by atoms with Crippen molar-refractivity contribution >= 4 is 23.1 Å². The Bertz CT molecular complexity index is 849. The van der Waals surface area contributed by atoms with Gasteiger partial charge in [-0.15, -0.1) is 0 Å². The van der Waals surface area contributed by atoms with Gasteiger partial charge in [-0.2, -0.15) is 4.98 Å². The van der Waals surface area contributed by atoms with Gasteiger partial charge < -0.3 is 20.1 Å². The van der Waals surface area contributed by atoms with Gasteiger partial charge in [0.1, 0.15) is 17.3 Å². The Morgan fingerprint density at radius 3 is 2.08 bits per heavy atom. The highest BCUT2D eigenvalue weighted by Crippen LogP contribution is 2.22. The van der Waals surface area contributed by atoms with E-state index in [1.54, 1.807) is 7.11 Å². The lowest BCUT2D eigenvalue weighted by Gasteiger charge is -2.11. The van der Waals surface area contributed by atoms with Crippen LogP contribution in [-0.2, 0) is 0 Å². The first-order chi connectivity index (χ1) is 12.7. The first kappa shape index (κ1) is 17.5. The van der Waals surface area contributed by atoms with Crippen molar-refractivity contribution in [3.63, 3.8) is 0 Å². The van der Waals surface area contributed by atoms with E-state index in [9.17, 15) is 0 Å². The maximum atomic E-state index is 5.45. The monoisotopic (exact) mass is 350 g/mol. The molecule has 1 aromatic heterocycles. The predicted molar refractivity (Wildman–Crippen MR) is 104 cm³/mol. The normalized spacial score (nSPS) is 10.3. The van der Waals surface area contributed by atoms with Crippen LogP contribution in [0.4, 0.5) is 23.1 Å². The molecule has 0 fully saturated rings. The SMILES string of the molecule is CCOc1ccc(Nc2nc(C)cc(Nc3ccc(OC)cc3)n2)cc1. The lowest BCUT2D eigenvalue weighted by atomic mass is 10.3. The average molecular weight is 350 g/mol. The minimum absolute atomic E-state index is 0.533. The third-order valence-electron chi connectivity index (χ3n) is 3.64. The molecule has 0 aliphatic carbocycles. The summed E-state index contributed by atoms with van der Waals surface area (Å²) in [6.45, 7) is 4.54. The third-order valence-corrected chi connectivity index (χ3v) is 3.64. The van der Waals surface area contributed by atoms with Gasteiger partial charge in [-0.3, -0.25) is 0 Å². The van der Waals surface area contributed by atoms with Crippen molar-refractivity contribution in [2.24, 2.45) is 0 Å². The summed E-state index contributed by atoms with van der Waals surface area (Å²) >= 11 is 0. The molecule has 0 bridgehead atoms. The van der Waals surface area contributed by atoms with E-state index < -0.39 is 0 Å². The van der Waals surface area contributed by atoms with Crippen LogP contribution in [-0.4, -0.2) is 23.7 Å². The zero-order valence-electron chi connectivity index (χ0n) is 15.1. The van der Waals surface area contributed by atoms with Crippen LogP contribution in [0.25, 0.3) is 0 Å². The Morgan fingerprint density at radius 1 is 0.846 bits per heavy atom. The number of ether oxygens (including phenoxy) is 2. The Hall–Kier alpha value is -3.28. The lowest BCUT2D eigenvalue weighted by Crippen LogP contribution is -2.02. The number of nitrogens with one attached hydrogen (secondary N) is 2. The number of methoxy groups -OCH3 is 1. The molecule has 0 aliphatic heterocycles. The van der Waals surface area contributed by atoms with Gasteiger partial charge in [0.2, 0.25) is 5.95 Å². The zero-order chi connectivity index (χ0) is 18.4. The topological polar surface area (TPSA) is 68.3 Å². The molecule has 2 N–H and O–H groups in total. The summed E-state index contributed by atoms with van der Waals surface area (Å²) in [4.78, 5) is 8.97. The Balaban J connectivity index is 1.74. The minimum Gasteiger partial charge on any atom is -0.497 e. The van der Waals surface area contributed by atoms with Crippen molar-refractivity contribution in [3.05, 3.63) is 60.3 Å². The van der Waals surface area contributed by atoms with E-state index >= 15 is 0 Å². The first-order valence-corrected chi connectivity index (χ1v) is 8.43. The van der Waals surface area contributed by atoms with Gasteiger partial charge in [-0.05, 0) is 62.4 Å². The molecular formula is C20H22N4O2. The Morgan fingerprint density at radius 2 is 1.46 bits per heavy atom. The van der Waals surface area contributed by atoms with Gasteiger partial charge in [0.05, 0.1) is 13.7 Å². The van der Waals surface area contributed by atoms with E-state index in [2.05, 4.69) is 20.6 Å². The van der Waals surface area contributed by atoms with Crippen molar-refractivity contribution in [1.82, 2.24) is 9.97 Å². The highest BCUT2D eigenvalue weighted by Gasteiger charge is 2.04. The molecule has 0 atom stereocenters. The molecule has 0 saturated heterocycles. The molecule has 3 aromatic rings. The van der Waals surface area contributed by atoms with Crippen LogP contribution < -0.4 is 20.1 Å². The Labute approximate surface area is 153 Å². The molecule has 0 aliphatic rings. The van der Waals surface area contributed by atoms with E-state index in [1.165, 1.54) is 0 Å². The number of aromatic nitrogens is 2. The van der Waals surface area contributed by atoms with E-state index in [-0.39, 0.29) is 0 Å². The van der Waals surface area contributed by atoms with Gasteiger partial charge in [-0.1, -0.05) is 0 Å². The van der Waals surface area contributed by atoms with Crippen LogP contribution in [0.5, 0.6) is 11.5 Å². The van der Waals surface area contributed by atoms with Crippen molar-refractivity contribution in [2.45, 2.75) is 13.8 Å². The number of hydrogen-bond donors (Lipinski definition) is 2. The maximum Gasteiger partial charge on any atom is 0.229 e. The smallest absolute Gasteiger partial charge is 0.229 e. The number of rotatable bonds is 7. The van der Waals surface area contributed by atoms with Gasteiger partial charge in [0, 0.05) is 23.1 Å². The third kappa shape index (κ3) is 4.63. The number of anilines is 4.